The Hall–Kier alpha value is -12.0. The van der Waals surface area contributed by atoms with Crippen LogP contribution < -0.4 is 57.1 Å². The molecule has 0 amide bonds. The first-order valence-electron chi connectivity index (χ1n) is 35.0. The molecule has 0 saturated carbocycles. The third kappa shape index (κ3) is 9.34. The maximum atomic E-state index is 7.46. The molecule has 19 rings (SSSR count). The van der Waals surface area contributed by atoms with E-state index in [-0.39, 0.29) is 24.3 Å². The van der Waals surface area contributed by atoms with E-state index in [1.807, 2.05) is 0 Å². The second kappa shape index (κ2) is 22.8. The van der Waals surface area contributed by atoms with E-state index in [9.17, 15) is 0 Å². The largest absolute Gasteiger partial charge is 0.458 e. The molecule has 0 N–H and O–H groups in total. The van der Waals surface area contributed by atoms with Crippen molar-refractivity contribution in [3.63, 3.8) is 0 Å². The van der Waals surface area contributed by atoms with Gasteiger partial charge in [0.05, 0.1) is 28.1 Å². The fraction of sp³-hybridized carbons (Fsp3) is 0.0870. The average Bonchev–Trinajstić information content (AvgIpc) is 0.764. The van der Waals surface area contributed by atoms with Crippen LogP contribution in [0.4, 0.5) is 68.2 Å². The highest BCUT2D eigenvalue weighted by Crippen LogP contribution is 2.54. The van der Waals surface area contributed by atoms with E-state index in [0.717, 1.165) is 130 Å². The molecule has 0 saturated heterocycles. The number of fused-ring (bicyclic) bond motifs is 11. The summed E-state index contributed by atoms with van der Waals surface area (Å²) in [6, 6.07) is 120. The summed E-state index contributed by atoms with van der Waals surface area (Å²) in [5.74, 6) is 1.71. The summed E-state index contributed by atoms with van der Waals surface area (Å²) in [4.78, 5) is 10.2. The Balaban J connectivity index is 0.958. The van der Waals surface area contributed by atoms with Crippen molar-refractivity contribution in [2.24, 2.45) is 0 Å². The number of aromatic nitrogens is 1. The second-order valence-corrected chi connectivity index (χ2v) is 29.2. The first-order valence-corrected chi connectivity index (χ1v) is 35.0. The maximum absolute atomic E-state index is 7.46. The van der Waals surface area contributed by atoms with Crippen LogP contribution in [0.15, 0.2) is 322 Å². The second-order valence-electron chi connectivity index (χ2n) is 29.2. The molecule has 0 atom stereocenters. The van der Waals surface area contributed by atoms with Crippen LogP contribution in [-0.4, -0.2) is 18.0 Å². The predicted molar refractivity (Wildman–Crippen MR) is 424 cm³/mol. The first kappa shape index (κ1) is 59.3. The molecule has 5 heterocycles. The molecule has 4 aliphatic heterocycles. The molecule has 1 aromatic heterocycles. The Morgan fingerprint density at radius 1 is 0.300 bits per heavy atom. The van der Waals surface area contributed by atoms with Gasteiger partial charge in [-0.1, -0.05) is 248 Å². The molecule has 4 aliphatic rings. The lowest BCUT2D eigenvalue weighted by molar-refractivity contribution is 0.487. The standard InChI is InChI=1S/C92H71B2N5O/c1-91(2,3)62-48-50-78-72(52-62)73-53-63(92(4,5)6)49-51-79(73)98(78)69-56-85-89-87(57-69)100-86-47-28-26-45-75(86)94(89)76-58-77-82(59-81(76)97(85)67-40-23-12-24-41-67)99(90-70(60-30-13-7-14-31-60)42-29-43-71(90)61-32-15-8-16-33-61)84-55-68(95(64-34-17-9-18-35-64)65-36-19-10-20-37-65)54-83-88(84)93(77)74-44-25-27-46-80(74)96(83)66-38-21-11-22-39-66/h7-59H,1-6H3. The van der Waals surface area contributed by atoms with Gasteiger partial charge in [-0.15, -0.1) is 0 Å². The summed E-state index contributed by atoms with van der Waals surface area (Å²) in [6.45, 7) is 13.5. The van der Waals surface area contributed by atoms with Crippen LogP contribution in [0.1, 0.15) is 52.7 Å². The zero-order valence-corrected chi connectivity index (χ0v) is 56.9. The van der Waals surface area contributed by atoms with Crippen molar-refractivity contribution in [1.29, 1.82) is 0 Å². The summed E-state index contributed by atoms with van der Waals surface area (Å²) in [6.07, 6.45) is 0. The van der Waals surface area contributed by atoms with Crippen molar-refractivity contribution in [3.05, 3.63) is 333 Å². The molecule has 476 valence electrons. The molecule has 0 spiro atoms. The molecular formula is C92H71B2N5O. The summed E-state index contributed by atoms with van der Waals surface area (Å²) >= 11 is 0. The van der Waals surface area contributed by atoms with Crippen LogP contribution in [0, 0.1) is 0 Å². The average molecular weight is 1280 g/mol. The van der Waals surface area contributed by atoms with E-state index in [2.05, 4.69) is 387 Å². The third-order valence-corrected chi connectivity index (χ3v) is 21.2. The van der Waals surface area contributed by atoms with Gasteiger partial charge < -0.3 is 28.9 Å². The van der Waals surface area contributed by atoms with Crippen molar-refractivity contribution in [1.82, 2.24) is 4.57 Å². The molecule has 14 aromatic carbocycles. The highest BCUT2D eigenvalue weighted by Gasteiger charge is 2.49. The Morgan fingerprint density at radius 2 is 0.750 bits per heavy atom. The fourth-order valence-electron chi connectivity index (χ4n) is 16.6. The smallest absolute Gasteiger partial charge is 0.256 e. The predicted octanol–water partition coefficient (Wildman–Crippen LogP) is 20.7. The van der Waals surface area contributed by atoms with Gasteiger partial charge in [0.15, 0.2) is 0 Å². The van der Waals surface area contributed by atoms with E-state index >= 15 is 0 Å². The van der Waals surface area contributed by atoms with Gasteiger partial charge in [0.25, 0.3) is 13.4 Å². The molecular weight excluding hydrogens is 1210 g/mol. The first-order chi connectivity index (χ1) is 48.9. The van der Waals surface area contributed by atoms with Gasteiger partial charge >= 0.3 is 0 Å². The van der Waals surface area contributed by atoms with Gasteiger partial charge in [0.2, 0.25) is 0 Å². The van der Waals surface area contributed by atoms with E-state index in [1.54, 1.807) is 0 Å². The molecule has 100 heavy (non-hydrogen) atoms. The SMILES string of the molecule is CC(C)(C)c1ccc2c(c1)c1cc(C(C)(C)C)ccc1n2-c1cc2c3c(c1)N(c1ccccc1)c1cc4c(cc1B3c1ccccc1O2)B1c2ccccc2N(c2ccccc2)c2cc(N(c3ccccc3)c3ccccc3)cc(c21)N4c1c(-c2ccccc2)cccc1-c1ccccc1. The van der Waals surface area contributed by atoms with Gasteiger partial charge in [-0.3, -0.25) is 0 Å². The Morgan fingerprint density at radius 3 is 1.30 bits per heavy atom. The monoisotopic (exact) mass is 1280 g/mol. The normalized spacial score (nSPS) is 13.3. The Bertz CT molecular complexity index is 5580. The Labute approximate surface area is 586 Å². The van der Waals surface area contributed by atoms with Gasteiger partial charge in [0, 0.05) is 84.8 Å². The number of hydrogen-bond acceptors (Lipinski definition) is 5. The van der Waals surface area contributed by atoms with Gasteiger partial charge in [-0.2, -0.15) is 0 Å². The molecule has 0 unspecified atom stereocenters. The minimum atomic E-state index is -0.228. The summed E-state index contributed by atoms with van der Waals surface area (Å²) in [5.41, 5.74) is 30.5. The van der Waals surface area contributed by atoms with Crippen molar-refractivity contribution >= 4 is 136 Å². The number of benzene rings is 14. The van der Waals surface area contributed by atoms with E-state index in [0.29, 0.717) is 0 Å². The van der Waals surface area contributed by atoms with Crippen LogP contribution >= 0.6 is 0 Å². The summed E-state index contributed by atoms with van der Waals surface area (Å²) in [5, 5.41) is 2.48. The van der Waals surface area contributed by atoms with Gasteiger partial charge in [-0.25, -0.2) is 0 Å². The molecule has 0 aliphatic carbocycles. The lowest BCUT2D eigenvalue weighted by atomic mass is 9.30. The van der Waals surface area contributed by atoms with Crippen molar-refractivity contribution in [2.75, 3.05) is 19.6 Å². The number of rotatable bonds is 9. The van der Waals surface area contributed by atoms with Crippen LogP contribution in [0.25, 0.3) is 49.7 Å². The van der Waals surface area contributed by atoms with Gasteiger partial charge in [0.1, 0.15) is 11.5 Å². The van der Waals surface area contributed by atoms with Crippen LogP contribution in [0.2, 0.25) is 0 Å². The summed E-state index contributed by atoms with van der Waals surface area (Å²) in [7, 11) is 0. The zero-order valence-electron chi connectivity index (χ0n) is 56.9. The topological polar surface area (TPSA) is 27.1 Å². The molecule has 0 fully saturated rings. The van der Waals surface area contributed by atoms with Crippen molar-refractivity contribution in [2.45, 2.75) is 52.4 Å². The number of ether oxygens (including phenoxy) is 1. The number of hydrogen-bond donors (Lipinski definition) is 0. The highest BCUT2D eigenvalue weighted by atomic mass is 16.5. The quantitative estimate of drug-likeness (QED) is 0.134. The molecule has 15 aromatic rings. The van der Waals surface area contributed by atoms with Crippen LogP contribution in [0.5, 0.6) is 11.5 Å². The lowest BCUT2D eigenvalue weighted by Crippen LogP contribution is -2.64. The van der Waals surface area contributed by atoms with Crippen molar-refractivity contribution < 1.29 is 4.74 Å². The van der Waals surface area contributed by atoms with E-state index in [1.165, 1.54) is 43.8 Å². The number of para-hydroxylation sites is 7. The maximum Gasteiger partial charge on any atom is 0.256 e. The van der Waals surface area contributed by atoms with Crippen LogP contribution in [0.3, 0.4) is 0 Å². The minimum absolute atomic E-state index is 0.0538. The van der Waals surface area contributed by atoms with Crippen LogP contribution in [-0.2, 0) is 10.8 Å². The number of anilines is 12. The molecule has 8 heteroatoms. The Kier molecular flexibility index (Phi) is 13.5. The highest BCUT2D eigenvalue weighted by molar-refractivity contribution is 7.02. The zero-order chi connectivity index (χ0) is 67.1. The van der Waals surface area contributed by atoms with E-state index in [4.69, 9.17) is 4.74 Å². The third-order valence-electron chi connectivity index (χ3n) is 21.2. The fourth-order valence-corrected chi connectivity index (χ4v) is 16.6. The van der Waals surface area contributed by atoms with Gasteiger partial charge in [-0.05, 0) is 175 Å². The minimum Gasteiger partial charge on any atom is -0.458 e. The lowest BCUT2D eigenvalue weighted by Gasteiger charge is -2.47. The van der Waals surface area contributed by atoms with E-state index < -0.39 is 0 Å². The summed E-state index contributed by atoms with van der Waals surface area (Å²) < 4.78 is 9.96. The molecule has 0 bridgehead atoms. The van der Waals surface area contributed by atoms with Crippen molar-refractivity contribution in [3.8, 4) is 39.4 Å². The molecule has 6 nitrogen and oxygen atoms in total. The molecule has 0 radical (unpaired) electrons. The number of nitrogens with zero attached hydrogens (tertiary/aromatic N) is 5.